The quantitative estimate of drug-likeness (QED) is 0.889. The fourth-order valence-corrected chi connectivity index (χ4v) is 2.66. The van der Waals surface area contributed by atoms with Crippen LogP contribution in [-0.4, -0.2) is 22.0 Å². The van der Waals surface area contributed by atoms with Crippen LogP contribution in [0.2, 0.25) is 0 Å². The zero-order chi connectivity index (χ0) is 15.4. The Kier molecular flexibility index (Phi) is 4.70. The van der Waals surface area contributed by atoms with Crippen molar-refractivity contribution < 1.29 is 14.7 Å². The smallest absolute Gasteiger partial charge is 0.309 e. The van der Waals surface area contributed by atoms with Gasteiger partial charge in [-0.05, 0) is 31.0 Å². The lowest BCUT2D eigenvalue weighted by Gasteiger charge is -2.08. The van der Waals surface area contributed by atoms with E-state index in [2.05, 4.69) is 10.3 Å². The van der Waals surface area contributed by atoms with Gasteiger partial charge in [-0.3, -0.25) is 9.59 Å². The highest BCUT2D eigenvalue weighted by atomic mass is 32.1. The minimum Gasteiger partial charge on any atom is -0.481 e. The molecule has 0 bridgehead atoms. The number of anilines is 1. The highest BCUT2D eigenvalue weighted by Gasteiger charge is 2.11. The van der Waals surface area contributed by atoms with Gasteiger partial charge in [0.1, 0.15) is 5.01 Å². The van der Waals surface area contributed by atoms with E-state index in [0.29, 0.717) is 10.7 Å². The van der Waals surface area contributed by atoms with E-state index in [-0.39, 0.29) is 18.7 Å². The van der Waals surface area contributed by atoms with Crippen molar-refractivity contribution in [1.29, 1.82) is 0 Å². The second-order valence-electron chi connectivity index (χ2n) is 4.85. The molecule has 1 aromatic carbocycles. The average molecular weight is 304 g/mol. The maximum Gasteiger partial charge on any atom is 0.309 e. The van der Waals surface area contributed by atoms with Crippen LogP contribution in [0.3, 0.4) is 0 Å². The molecule has 0 unspecified atom stereocenters. The molecule has 21 heavy (non-hydrogen) atoms. The molecule has 0 fully saturated rings. The number of carboxylic acid groups (broad SMARTS) is 1. The molecule has 0 saturated carbocycles. The van der Waals surface area contributed by atoms with Gasteiger partial charge >= 0.3 is 5.97 Å². The topological polar surface area (TPSA) is 79.3 Å². The summed E-state index contributed by atoms with van der Waals surface area (Å²) in [6, 6.07) is 5.87. The van der Waals surface area contributed by atoms with Crippen molar-refractivity contribution in [2.75, 3.05) is 5.32 Å². The van der Waals surface area contributed by atoms with Gasteiger partial charge < -0.3 is 10.4 Å². The van der Waals surface area contributed by atoms with Gasteiger partial charge in [-0.2, -0.15) is 0 Å². The summed E-state index contributed by atoms with van der Waals surface area (Å²) in [7, 11) is 0. The van der Waals surface area contributed by atoms with Gasteiger partial charge in [0.15, 0.2) is 0 Å². The number of carbonyl (C=O) groups is 2. The van der Waals surface area contributed by atoms with Crippen LogP contribution in [0.4, 0.5) is 5.69 Å². The third-order valence-corrected chi connectivity index (χ3v) is 3.81. The summed E-state index contributed by atoms with van der Waals surface area (Å²) in [5, 5.41) is 13.9. The van der Waals surface area contributed by atoms with Crippen molar-refractivity contribution in [2.45, 2.75) is 26.7 Å². The van der Waals surface area contributed by atoms with Crippen LogP contribution in [-0.2, 0) is 22.4 Å². The number of nitrogens with zero attached hydrogens (tertiary/aromatic N) is 1. The summed E-state index contributed by atoms with van der Waals surface area (Å²) in [5.41, 5.74) is 3.36. The Morgan fingerprint density at radius 1 is 1.29 bits per heavy atom. The SMILES string of the molecule is Cc1ccc(C)c(NC(=O)Cc2nc(CC(=O)O)cs2)c1. The number of rotatable bonds is 5. The van der Waals surface area contributed by atoms with Gasteiger partial charge in [-0.25, -0.2) is 4.98 Å². The Morgan fingerprint density at radius 3 is 2.76 bits per heavy atom. The Balaban J connectivity index is 2.00. The van der Waals surface area contributed by atoms with Crippen molar-refractivity contribution in [3.8, 4) is 0 Å². The van der Waals surface area contributed by atoms with Crippen LogP contribution in [0, 0.1) is 13.8 Å². The van der Waals surface area contributed by atoms with Crippen LogP contribution < -0.4 is 5.32 Å². The number of carbonyl (C=O) groups excluding carboxylic acids is 1. The first-order valence-corrected chi connectivity index (χ1v) is 7.34. The Labute approximate surface area is 126 Å². The fraction of sp³-hybridized carbons (Fsp3) is 0.267. The van der Waals surface area contributed by atoms with Crippen molar-refractivity contribution in [2.24, 2.45) is 0 Å². The number of nitrogens with one attached hydrogen (secondary N) is 1. The van der Waals surface area contributed by atoms with Gasteiger partial charge in [0.05, 0.1) is 18.5 Å². The zero-order valence-corrected chi connectivity index (χ0v) is 12.7. The molecular formula is C15H16N2O3S. The van der Waals surface area contributed by atoms with Crippen LogP contribution in [0.15, 0.2) is 23.6 Å². The average Bonchev–Trinajstić information content (AvgIpc) is 2.80. The Morgan fingerprint density at radius 2 is 2.05 bits per heavy atom. The maximum absolute atomic E-state index is 12.0. The summed E-state index contributed by atoms with van der Waals surface area (Å²) in [5.74, 6) is -1.08. The standard InChI is InChI=1S/C15H16N2O3S/c1-9-3-4-10(2)12(5-9)17-13(18)7-14-16-11(8-21-14)6-15(19)20/h3-5,8H,6-7H2,1-2H3,(H,17,18)(H,19,20). The number of aliphatic carboxylic acids is 1. The summed E-state index contributed by atoms with van der Waals surface area (Å²) in [6.45, 7) is 3.90. The molecule has 1 aromatic heterocycles. The van der Waals surface area contributed by atoms with Gasteiger partial charge in [0, 0.05) is 11.1 Å². The highest BCUT2D eigenvalue weighted by Crippen LogP contribution is 2.17. The van der Waals surface area contributed by atoms with E-state index in [4.69, 9.17) is 5.11 Å². The predicted molar refractivity (Wildman–Crippen MR) is 81.7 cm³/mol. The van der Waals surface area contributed by atoms with E-state index in [1.165, 1.54) is 11.3 Å². The molecule has 5 nitrogen and oxygen atoms in total. The summed E-state index contributed by atoms with van der Waals surface area (Å²) in [6.07, 6.45) is 0.0345. The molecule has 2 aromatic rings. The minimum absolute atomic E-state index is 0.116. The first kappa shape index (κ1) is 15.2. The third-order valence-electron chi connectivity index (χ3n) is 2.91. The third kappa shape index (κ3) is 4.39. The fourth-order valence-electron chi connectivity index (χ4n) is 1.87. The van der Waals surface area contributed by atoms with E-state index in [1.807, 2.05) is 32.0 Å². The molecule has 0 atom stereocenters. The highest BCUT2D eigenvalue weighted by molar-refractivity contribution is 7.09. The van der Waals surface area contributed by atoms with Gasteiger partial charge in [0.25, 0.3) is 0 Å². The maximum atomic E-state index is 12.0. The number of hydrogen-bond donors (Lipinski definition) is 2. The van der Waals surface area contributed by atoms with Crippen LogP contribution in [0.25, 0.3) is 0 Å². The molecule has 0 aliphatic carbocycles. The molecule has 1 amide bonds. The van der Waals surface area contributed by atoms with Crippen LogP contribution >= 0.6 is 11.3 Å². The van der Waals surface area contributed by atoms with Crippen LogP contribution in [0.1, 0.15) is 21.8 Å². The molecule has 110 valence electrons. The lowest BCUT2D eigenvalue weighted by Crippen LogP contribution is -2.15. The Bertz CT molecular complexity index is 679. The van der Waals surface area contributed by atoms with Crippen molar-refractivity contribution in [1.82, 2.24) is 4.98 Å². The summed E-state index contributed by atoms with van der Waals surface area (Å²) >= 11 is 1.30. The second-order valence-corrected chi connectivity index (χ2v) is 5.79. The predicted octanol–water partition coefficient (Wildman–Crippen LogP) is 2.57. The number of amides is 1. The minimum atomic E-state index is -0.924. The summed E-state index contributed by atoms with van der Waals surface area (Å²) < 4.78 is 0. The van der Waals surface area contributed by atoms with Gasteiger partial charge in [-0.15, -0.1) is 11.3 Å². The van der Waals surface area contributed by atoms with Crippen molar-refractivity contribution >= 4 is 28.9 Å². The number of hydrogen-bond acceptors (Lipinski definition) is 4. The van der Waals surface area contributed by atoms with E-state index in [0.717, 1.165) is 16.8 Å². The first-order valence-electron chi connectivity index (χ1n) is 6.46. The lowest BCUT2D eigenvalue weighted by atomic mass is 10.1. The van der Waals surface area contributed by atoms with E-state index in [9.17, 15) is 9.59 Å². The Hall–Kier alpha value is -2.21. The molecule has 6 heteroatoms. The molecular weight excluding hydrogens is 288 g/mol. The lowest BCUT2D eigenvalue weighted by molar-refractivity contribution is -0.136. The number of benzene rings is 1. The monoisotopic (exact) mass is 304 g/mol. The molecule has 0 saturated heterocycles. The van der Waals surface area contributed by atoms with E-state index in [1.54, 1.807) is 5.38 Å². The first-order chi connectivity index (χ1) is 9.94. The second kappa shape index (κ2) is 6.49. The van der Waals surface area contributed by atoms with E-state index < -0.39 is 5.97 Å². The largest absolute Gasteiger partial charge is 0.481 e. The zero-order valence-electron chi connectivity index (χ0n) is 11.8. The molecule has 0 aliphatic rings. The normalized spacial score (nSPS) is 10.4. The molecule has 2 N–H and O–H groups in total. The summed E-state index contributed by atoms with van der Waals surface area (Å²) in [4.78, 5) is 26.8. The van der Waals surface area contributed by atoms with Gasteiger partial charge in [0.2, 0.25) is 5.91 Å². The molecule has 0 spiro atoms. The number of aromatic nitrogens is 1. The molecule has 0 radical (unpaired) electrons. The van der Waals surface area contributed by atoms with Gasteiger partial charge in [-0.1, -0.05) is 12.1 Å². The molecule has 0 aliphatic heterocycles. The molecule has 2 rings (SSSR count). The number of aryl methyl sites for hydroxylation is 2. The number of carboxylic acids is 1. The van der Waals surface area contributed by atoms with E-state index >= 15 is 0 Å². The van der Waals surface area contributed by atoms with Crippen molar-refractivity contribution in [3.05, 3.63) is 45.4 Å². The van der Waals surface area contributed by atoms with Crippen LogP contribution in [0.5, 0.6) is 0 Å². The van der Waals surface area contributed by atoms with Crippen molar-refractivity contribution in [3.63, 3.8) is 0 Å². The molecule has 1 heterocycles. The number of thiazole rings is 1.